The second kappa shape index (κ2) is 8.03. The van der Waals surface area contributed by atoms with E-state index in [0.717, 1.165) is 10.9 Å². The Morgan fingerprint density at radius 2 is 1.85 bits per heavy atom. The molecule has 6 heteroatoms. The first-order valence-corrected chi connectivity index (χ1v) is 8.67. The molecule has 140 valence electrons. The van der Waals surface area contributed by atoms with Gasteiger partial charge in [0.25, 0.3) is 5.91 Å². The minimum absolute atomic E-state index is 0.0992. The van der Waals surface area contributed by atoms with E-state index in [0.29, 0.717) is 24.1 Å². The highest BCUT2D eigenvalue weighted by molar-refractivity contribution is 5.97. The summed E-state index contributed by atoms with van der Waals surface area (Å²) in [7, 11) is 0. The second-order valence-electron chi connectivity index (χ2n) is 6.27. The van der Waals surface area contributed by atoms with Gasteiger partial charge in [0.15, 0.2) is 6.10 Å². The van der Waals surface area contributed by atoms with E-state index >= 15 is 0 Å². The third-order valence-corrected chi connectivity index (χ3v) is 4.31. The summed E-state index contributed by atoms with van der Waals surface area (Å²) in [5, 5.41) is 3.54. The number of esters is 1. The predicted molar refractivity (Wildman–Crippen MR) is 98.9 cm³/mol. The molecule has 1 amide bonds. The summed E-state index contributed by atoms with van der Waals surface area (Å²) in [6.45, 7) is 3.63. The summed E-state index contributed by atoms with van der Waals surface area (Å²) in [6.07, 6.45) is -0.409. The van der Waals surface area contributed by atoms with Crippen LogP contribution in [0.25, 0.3) is 11.0 Å². The number of fused-ring (bicyclic) bond motifs is 1. The molecule has 0 aliphatic rings. The van der Waals surface area contributed by atoms with Crippen LogP contribution in [0.1, 0.15) is 28.6 Å². The lowest BCUT2D eigenvalue weighted by molar-refractivity contribution is -0.129. The molecule has 0 saturated heterocycles. The quantitative estimate of drug-likeness (QED) is 0.672. The summed E-state index contributed by atoms with van der Waals surface area (Å²) in [5.41, 5.74) is 2.18. The average Bonchev–Trinajstić information content (AvgIpc) is 3.00. The van der Waals surface area contributed by atoms with Gasteiger partial charge < -0.3 is 14.5 Å². The SMILES string of the molecule is Cc1c(C(=O)O[C@@H](C)C(=O)NCCc2ccc(F)cc2)oc2ccccc12. The van der Waals surface area contributed by atoms with Crippen LogP contribution in [0.3, 0.4) is 0 Å². The molecule has 27 heavy (non-hydrogen) atoms. The molecule has 1 aromatic heterocycles. The molecule has 2 aromatic carbocycles. The minimum atomic E-state index is -0.960. The number of halogens is 1. The number of aryl methyl sites for hydroxylation is 1. The number of hydrogen-bond acceptors (Lipinski definition) is 4. The Morgan fingerprint density at radius 1 is 1.15 bits per heavy atom. The number of benzene rings is 2. The maximum atomic E-state index is 12.9. The van der Waals surface area contributed by atoms with Crippen LogP contribution in [0.5, 0.6) is 0 Å². The van der Waals surface area contributed by atoms with Crippen molar-refractivity contribution in [3.05, 3.63) is 71.2 Å². The van der Waals surface area contributed by atoms with Crippen molar-refractivity contribution in [2.45, 2.75) is 26.4 Å². The summed E-state index contributed by atoms with van der Waals surface area (Å²) in [6, 6.07) is 13.4. The maximum Gasteiger partial charge on any atom is 0.375 e. The molecular weight excluding hydrogens is 349 g/mol. The molecule has 1 heterocycles. The van der Waals surface area contributed by atoms with Gasteiger partial charge >= 0.3 is 5.97 Å². The zero-order valence-corrected chi connectivity index (χ0v) is 15.1. The highest BCUT2D eigenvalue weighted by atomic mass is 19.1. The molecule has 0 saturated carbocycles. The molecule has 1 atom stereocenters. The molecular formula is C21H20FNO4. The van der Waals surface area contributed by atoms with Crippen molar-refractivity contribution in [1.29, 1.82) is 0 Å². The molecule has 0 radical (unpaired) electrons. The first kappa shape index (κ1) is 18.6. The van der Waals surface area contributed by atoms with E-state index in [4.69, 9.17) is 9.15 Å². The Bertz CT molecular complexity index is 962. The van der Waals surface area contributed by atoms with Gasteiger partial charge in [0.2, 0.25) is 5.76 Å². The van der Waals surface area contributed by atoms with Crippen LogP contribution in [0.2, 0.25) is 0 Å². The van der Waals surface area contributed by atoms with Crippen molar-refractivity contribution >= 4 is 22.8 Å². The highest BCUT2D eigenvalue weighted by Gasteiger charge is 2.23. The fraction of sp³-hybridized carbons (Fsp3) is 0.238. The standard InChI is InChI=1S/C21H20FNO4/c1-13-17-5-3-4-6-18(17)27-19(13)21(25)26-14(2)20(24)23-12-11-15-7-9-16(22)10-8-15/h3-10,14H,11-12H2,1-2H3,(H,23,24)/t14-/m0/s1. The lowest BCUT2D eigenvalue weighted by Crippen LogP contribution is -2.36. The number of carbonyl (C=O) groups excluding carboxylic acids is 2. The van der Waals surface area contributed by atoms with E-state index in [-0.39, 0.29) is 11.6 Å². The summed E-state index contributed by atoms with van der Waals surface area (Å²) < 4.78 is 23.7. The minimum Gasteiger partial charge on any atom is -0.449 e. The van der Waals surface area contributed by atoms with E-state index < -0.39 is 18.0 Å². The Balaban J connectivity index is 1.54. The topological polar surface area (TPSA) is 68.5 Å². The first-order chi connectivity index (χ1) is 13.0. The fourth-order valence-corrected chi connectivity index (χ4v) is 2.76. The molecule has 0 aliphatic carbocycles. The molecule has 5 nitrogen and oxygen atoms in total. The van der Waals surface area contributed by atoms with Crippen LogP contribution >= 0.6 is 0 Å². The summed E-state index contributed by atoms with van der Waals surface area (Å²) >= 11 is 0. The van der Waals surface area contributed by atoms with Gasteiger partial charge in [0.1, 0.15) is 11.4 Å². The lowest BCUT2D eigenvalue weighted by Gasteiger charge is -2.13. The predicted octanol–water partition coefficient (Wildman–Crippen LogP) is 3.78. The Hall–Kier alpha value is -3.15. The number of rotatable bonds is 6. The van der Waals surface area contributed by atoms with E-state index in [9.17, 15) is 14.0 Å². The monoisotopic (exact) mass is 369 g/mol. The zero-order chi connectivity index (χ0) is 19.4. The van der Waals surface area contributed by atoms with E-state index in [1.54, 1.807) is 25.1 Å². The lowest BCUT2D eigenvalue weighted by atomic mass is 10.1. The Morgan fingerprint density at radius 3 is 2.56 bits per heavy atom. The second-order valence-corrected chi connectivity index (χ2v) is 6.27. The van der Waals surface area contributed by atoms with Gasteiger partial charge in [-0.25, -0.2) is 9.18 Å². The van der Waals surface area contributed by atoms with E-state index in [2.05, 4.69) is 5.32 Å². The Labute approximate surface area is 156 Å². The van der Waals surface area contributed by atoms with Gasteiger partial charge in [0, 0.05) is 17.5 Å². The van der Waals surface area contributed by atoms with Gasteiger partial charge in [-0.05, 0) is 44.0 Å². The summed E-state index contributed by atoms with van der Waals surface area (Å²) in [5.74, 6) is -1.28. The number of furan rings is 1. The van der Waals surface area contributed by atoms with Crippen LogP contribution in [0.4, 0.5) is 4.39 Å². The molecule has 0 spiro atoms. The van der Waals surface area contributed by atoms with Crippen molar-refractivity contribution in [3.8, 4) is 0 Å². The largest absolute Gasteiger partial charge is 0.449 e. The molecule has 1 N–H and O–H groups in total. The number of carbonyl (C=O) groups is 2. The van der Waals surface area contributed by atoms with Crippen molar-refractivity contribution in [3.63, 3.8) is 0 Å². The number of ether oxygens (including phenoxy) is 1. The number of amides is 1. The summed E-state index contributed by atoms with van der Waals surface area (Å²) in [4.78, 5) is 24.5. The van der Waals surface area contributed by atoms with Crippen molar-refractivity contribution in [1.82, 2.24) is 5.32 Å². The van der Waals surface area contributed by atoms with Crippen LogP contribution in [-0.2, 0) is 16.0 Å². The van der Waals surface area contributed by atoms with Crippen LogP contribution < -0.4 is 5.32 Å². The van der Waals surface area contributed by atoms with Gasteiger partial charge in [-0.1, -0.05) is 30.3 Å². The smallest absolute Gasteiger partial charge is 0.375 e. The van der Waals surface area contributed by atoms with E-state index in [1.165, 1.54) is 19.1 Å². The number of para-hydroxylation sites is 1. The van der Waals surface area contributed by atoms with Gasteiger partial charge in [0.05, 0.1) is 0 Å². The van der Waals surface area contributed by atoms with Crippen LogP contribution in [-0.4, -0.2) is 24.5 Å². The first-order valence-electron chi connectivity index (χ1n) is 8.67. The third kappa shape index (κ3) is 4.34. The van der Waals surface area contributed by atoms with E-state index in [1.807, 2.05) is 18.2 Å². The Kier molecular flexibility index (Phi) is 5.54. The molecule has 0 fully saturated rings. The van der Waals surface area contributed by atoms with Crippen LogP contribution in [0, 0.1) is 12.7 Å². The molecule has 0 bridgehead atoms. The third-order valence-electron chi connectivity index (χ3n) is 4.31. The fourth-order valence-electron chi connectivity index (χ4n) is 2.76. The highest BCUT2D eigenvalue weighted by Crippen LogP contribution is 2.25. The molecule has 0 aliphatic heterocycles. The average molecular weight is 369 g/mol. The van der Waals surface area contributed by atoms with Gasteiger partial charge in [-0.3, -0.25) is 4.79 Å². The number of nitrogens with one attached hydrogen (secondary N) is 1. The zero-order valence-electron chi connectivity index (χ0n) is 15.1. The normalized spacial score (nSPS) is 12.0. The van der Waals surface area contributed by atoms with Crippen molar-refractivity contribution in [2.75, 3.05) is 6.54 Å². The molecule has 3 rings (SSSR count). The van der Waals surface area contributed by atoms with Gasteiger partial charge in [-0.15, -0.1) is 0 Å². The maximum absolute atomic E-state index is 12.9. The van der Waals surface area contributed by atoms with Crippen molar-refractivity contribution in [2.24, 2.45) is 0 Å². The molecule has 0 unspecified atom stereocenters. The van der Waals surface area contributed by atoms with Gasteiger partial charge in [-0.2, -0.15) is 0 Å². The molecule has 3 aromatic rings. The number of hydrogen-bond donors (Lipinski definition) is 1. The van der Waals surface area contributed by atoms with Crippen molar-refractivity contribution < 1.29 is 23.1 Å². The van der Waals surface area contributed by atoms with Crippen LogP contribution in [0.15, 0.2) is 52.9 Å².